The molecule has 0 spiro atoms. The normalized spacial score (nSPS) is 11.2. The van der Waals surface area contributed by atoms with Crippen LogP contribution in [0.25, 0.3) is 6.08 Å². The number of rotatable bonds is 6. The van der Waals surface area contributed by atoms with E-state index in [2.05, 4.69) is 5.32 Å². The van der Waals surface area contributed by atoms with Crippen molar-refractivity contribution >= 4 is 12.0 Å². The van der Waals surface area contributed by atoms with E-state index in [9.17, 15) is 9.90 Å². The minimum Gasteiger partial charge on any atom is -0.593 e. The highest BCUT2D eigenvalue weighted by atomic mass is 16.5. The number of hydrogen-bond donors (Lipinski definition) is 2. The Labute approximate surface area is 151 Å². The summed E-state index contributed by atoms with van der Waals surface area (Å²) in [6.07, 6.45) is 4.69. The second kappa shape index (κ2) is 8.94. The maximum absolute atomic E-state index is 12.1. The number of nitrogens with zero attached hydrogens (tertiary/aromatic N) is 1. The first-order chi connectivity index (χ1) is 12.5. The Balaban J connectivity index is 2.01. The van der Waals surface area contributed by atoms with E-state index < -0.39 is 5.91 Å². The molecule has 26 heavy (non-hydrogen) atoms. The van der Waals surface area contributed by atoms with Gasteiger partial charge in [0.15, 0.2) is 11.5 Å². The van der Waals surface area contributed by atoms with Crippen LogP contribution in [-0.4, -0.2) is 23.2 Å². The van der Waals surface area contributed by atoms with Gasteiger partial charge in [0.1, 0.15) is 11.6 Å². The zero-order valence-corrected chi connectivity index (χ0v) is 14.2. The van der Waals surface area contributed by atoms with Crippen LogP contribution in [-0.2, 0) is 11.3 Å². The number of aromatic hydroxyl groups is 1. The van der Waals surface area contributed by atoms with Crippen molar-refractivity contribution in [3.05, 3.63) is 71.3 Å². The van der Waals surface area contributed by atoms with Gasteiger partial charge in [-0.25, -0.2) is 0 Å². The number of benzene rings is 2. The molecule has 2 aromatic carbocycles. The lowest BCUT2D eigenvalue weighted by atomic mass is 10.1. The van der Waals surface area contributed by atoms with E-state index in [0.29, 0.717) is 11.5 Å². The Morgan fingerprint density at radius 2 is 2.04 bits per heavy atom. The summed E-state index contributed by atoms with van der Waals surface area (Å²) >= 11 is 0. The Hall–Kier alpha value is -3.72. The number of nitriles is 1. The number of nitrogens with one attached hydrogen (secondary N) is 1. The van der Waals surface area contributed by atoms with Crippen molar-refractivity contribution in [3.8, 4) is 23.3 Å². The summed E-state index contributed by atoms with van der Waals surface area (Å²) in [7, 11) is 1.46. The first-order valence-corrected chi connectivity index (χ1v) is 7.77. The molecule has 0 aromatic heterocycles. The molecule has 0 fully saturated rings. The lowest BCUT2D eigenvalue weighted by Gasteiger charge is -2.04. The molecule has 1 amide bonds. The quantitative estimate of drug-likeness (QED) is 0.361. The molecule has 0 bridgehead atoms. The van der Waals surface area contributed by atoms with E-state index in [1.165, 1.54) is 19.3 Å². The summed E-state index contributed by atoms with van der Waals surface area (Å²) in [5.41, 5.74) is 1.58. The van der Waals surface area contributed by atoms with Gasteiger partial charge >= 0.3 is 0 Å². The van der Waals surface area contributed by atoms with Gasteiger partial charge in [-0.2, -0.15) is 5.26 Å². The zero-order chi connectivity index (χ0) is 18.9. The monoisotopic (exact) mass is 351 g/mol. The highest BCUT2D eigenvalue weighted by molar-refractivity contribution is 5.97. The predicted molar refractivity (Wildman–Crippen MR) is 98.7 cm³/mol. The SMILES string of the molecule is COc1cc(/C=C/C=C(\C#N)C(=O)NCc2ccc([OH2+])cc2)ccc1O. The second-order valence-electron chi connectivity index (χ2n) is 5.36. The second-order valence-corrected chi connectivity index (χ2v) is 5.36. The van der Waals surface area contributed by atoms with Crippen LogP contribution in [0.2, 0.25) is 0 Å². The van der Waals surface area contributed by atoms with Crippen LogP contribution in [0.15, 0.2) is 60.2 Å². The lowest BCUT2D eigenvalue weighted by molar-refractivity contribution is -0.117. The number of allylic oxidation sites excluding steroid dienone is 2. The standard InChI is InChI=1S/C20H18N2O4/c1-26-19-11-14(7-10-18(19)24)3-2-4-16(12-21)20(25)22-13-15-5-8-17(23)9-6-15/h2-11,23-24H,13H2,1H3,(H,22,25)/p+1/b3-2+,16-4+. The van der Waals surface area contributed by atoms with Crippen molar-refractivity contribution in [2.45, 2.75) is 6.54 Å². The minimum atomic E-state index is -0.476. The van der Waals surface area contributed by atoms with Crippen molar-refractivity contribution < 1.29 is 19.7 Å². The first kappa shape index (κ1) is 18.6. The van der Waals surface area contributed by atoms with Gasteiger partial charge in [-0.05, 0) is 41.5 Å². The van der Waals surface area contributed by atoms with Gasteiger partial charge in [0.25, 0.3) is 11.7 Å². The number of hydrogen-bond acceptors (Lipinski definition) is 4. The zero-order valence-electron chi connectivity index (χ0n) is 14.2. The average Bonchev–Trinajstić information content (AvgIpc) is 2.65. The molecule has 0 saturated carbocycles. The molecule has 132 valence electrons. The molecule has 0 aliphatic carbocycles. The van der Waals surface area contributed by atoms with E-state index in [1.54, 1.807) is 48.6 Å². The molecule has 2 aromatic rings. The van der Waals surface area contributed by atoms with E-state index in [1.807, 2.05) is 6.07 Å². The number of amides is 1. The molecule has 0 radical (unpaired) electrons. The maximum Gasteiger partial charge on any atom is 0.262 e. The van der Waals surface area contributed by atoms with Crippen LogP contribution in [0.5, 0.6) is 17.2 Å². The van der Waals surface area contributed by atoms with Crippen molar-refractivity contribution in [2.75, 3.05) is 7.11 Å². The Bertz CT molecular complexity index is 878. The Morgan fingerprint density at radius 1 is 1.31 bits per heavy atom. The third-order valence-corrected chi connectivity index (χ3v) is 3.53. The summed E-state index contributed by atoms with van der Waals surface area (Å²) in [5.74, 6) is 0.299. The fourth-order valence-corrected chi connectivity index (χ4v) is 2.12. The third-order valence-electron chi connectivity index (χ3n) is 3.53. The molecule has 0 atom stereocenters. The summed E-state index contributed by atoms with van der Waals surface area (Å²) in [5, 5.41) is 28.8. The molecule has 0 aliphatic heterocycles. The first-order valence-electron chi connectivity index (χ1n) is 7.77. The number of phenolic OH excluding ortho intramolecular Hbond substituents is 1. The van der Waals surface area contributed by atoms with Crippen molar-refractivity contribution in [2.24, 2.45) is 0 Å². The Morgan fingerprint density at radius 3 is 2.69 bits per heavy atom. The van der Waals surface area contributed by atoms with E-state index in [0.717, 1.165) is 11.1 Å². The third kappa shape index (κ3) is 5.14. The Kier molecular flexibility index (Phi) is 6.40. The van der Waals surface area contributed by atoms with Gasteiger partial charge in [-0.15, -0.1) is 0 Å². The number of methoxy groups -OCH3 is 1. The highest BCUT2D eigenvalue weighted by Gasteiger charge is 2.07. The van der Waals surface area contributed by atoms with Gasteiger partial charge in [0.2, 0.25) is 0 Å². The van der Waals surface area contributed by atoms with E-state index in [-0.39, 0.29) is 17.9 Å². The fraction of sp³-hybridized carbons (Fsp3) is 0.100. The highest BCUT2D eigenvalue weighted by Crippen LogP contribution is 2.26. The lowest BCUT2D eigenvalue weighted by Crippen LogP contribution is -2.23. The molecule has 6 nitrogen and oxygen atoms in total. The molecule has 0 unspecified atom stereocenters. The summed E-state index contributed by atoms with van der Waals surface area (Å²) in [6, 6.07) is 13.5. The maximum atomic E-state index is 12.1. The summed E-state index contributed by atoms with van der Waals surface area (Å²) < 4.78 is 5.03. The molecule has 0 aliphatic rings. The van der Waals surface area contributed by atoms with Crippen LogP contribution in [0.4, 0.5) is 0 Å². The van der Waals surface area contributed by atoms with Crippen LogP contribution >= 0.6 is 0 Å². The van der Waals surface area contributed by atoms with Gasteiger partial charge < -0.3 is 20.3 Å². The molecular formula is C20H19N2O4+. The molecular weight excluding hydrogens is 332 g/mol. The summed E-state index contributed by atoms with van der Waals surface area (Å²) in [6.45, 7) is 0.275. The molecule has 0 heterocycles. The van der Waals surface area contributed by atoms with Gasteiger partial charge in [-0.1, -0.05) is 18.2 Å². The molecule has 4 N–H and O–H groups in total. The largest absolute Gasteiger partial charge is 0.593 e. The summed E-state index contributed by atoms with van der Waals surface area (Å²) in [4.78, 5) is 12.1. The smallest absolute Gasteiger partial charge is 0.262 e. The molecule has 6 heteroatoms. The van der Waals surface area contributed by atoms with Gasteiger partial charge in [0.05, 0.1) is 7.11 Å². The van der Waals surface area contributed by atoms with E-state index in [4.69, 9.17) is 15.1 Å². The minimum absolute atomic E-state index is 0.0240. The van der Waals surface area contributed by atoms with Crippen molar-refractivity contribution in [3.63, 3.8) is 0 Å². The van der Waals surface area contributed by atoms with Crippen LogP contribution in [0.1, 0.15) is 11.1 Å². The van der Waals surface area contributed by atoms with Crippen LogP contribution < -0.4 is 10.1 Å². The molecule has 0 saturated heterocycles. The average molecular weight is 351 g/mol. The fourth-order valence-electron chi connectivity index (χ4n) is 2.12. The predicted octanol–water partition coefficient (Wildman–Crippen LogP) is 2.62. The van der Waals surface area contributed by atoms with Gasteiger partial charge in [-0.3, -0.25) is 4.79 Å². The number of ether oxygens (including phenoxy) is 1. The number of carbonyl (C=O) groups is 1. The van der Waals surface area contributed by atoms with Gasteiger partial charge in [0, 0.05) is 18.7 Å². The van der Waals surface area contributed by atoms with Crippen molar-refractivity contribution in [1.29, 1.82) is 5.26 Å². The molecule has 2 rings (SSSR count). The van der Waals surface area contributed by atoms with Crippen LogP contribution in [0.3, 0.4) is 0 Å². The van der Waals surface area contributed by atoms with E-state index >= 15 is 0 Å². The number of phenols is 1. The van der Waals surface area contributed by atoms with Crippen molar-refractivity contribution in [1.82, 2.24) is 5.32 Å². The topological polar surface area (TPSA) is 105 Å². The number of carbonyl (C=O) groups excluding carboxylic acids is 1. The van der Waals surface area contributed by atoms with Crippen LogP contribution in [0, 0.1) is 11.3 Å².